The summed E-state index contributed by atoms with van der Waals surface area (Å²) in [7, 11) is 0. The van der Waals surface area contributed by atoms with Crippen molar-refractivity contribution in [3.8, 4) is 0 Å². The van der Waals surface area contributed by atoms with E-state index < -0.39 is 0 Å². The first-order valence-corrected chi connectivity index (χ1v) is 5.44. The molecule has 0 bridgehead atoms. The standard InChI is InChI=1S/C11H14N4O2/c16-10(15-9-2-1-3-12-6-9)7-14-11(17)8-4-13-5-8/h1-3,6,8,13H,4-5,7H2,(H,14,17)(H,15,16). The molecule has 6 nitrogen and oxygen atoms in total. The lowest BCUT2D eigenvalue weighted by Gasteiger charge is -2.25. The quantitative estimate of drug-likeness (QED) is 0.647. The van der Waals surface area contributed by atoms with Gasteiger partial charge in [-0.1, -0.05) is 0 Å². The molecule has 0 saturated carbocycles. The highest BCUT2D eigenvalue weighted by molar-refractivity contribution is 5.94. The minimum atomic E-state index is -0.251. The van der Waals surface area contributed by atoms with Gasteiger partial charge in [0.2, 0.25) is 11.8 Å². The van der Waals surface area contributed by atoms with E-state index in [-0.39, 0.29) is 24.3 Å². The van der Waals surface area contributed by atoms with E-state index in [1.165, 1.54) is 0 Å². The van der Waals surface area contributed by atoms with Crippen molar-refractivity contribution in [2.45, 2.75) is 0 Å². The van der Waals surface area contributed by atoms with Gasteiger partial charge in [0.15, 0.2) is 0 Å². The number of rotatable bonds is 4. The Hall–Kier alpha value is -1.95. The first-order valence-electron chi connectivity index (χ1n) is 5.44. The summed E-state index contributed by atoms with van der Waals surface area (Å²) < 4.78 is 0. The summed E-state index contributed by atoms with van der Waals surface area (Å²) in [6.45, 7) is 1.37. The molecule has 17 heavy (non-hydrogen) atoms. The first kappa shape index (κ1) is 11.5. The third-order valence-corrected chi connectivity index (χ3v) is 2.52. The number of pyridine rings is 1. The Morgan fingerprint density at radius 1 is 1.47 bits per heavy atom. The van der Waals surface area contributed by atoms with Gasteiger partial charge in [0.1, 0.15) is 0 Å². The van der Waals surface area contributed by atoms with Gasteiger partial charge in [0, 0.05) is 19.3 Å². The Balaban J connectivity index is 1.72. The lowest BCUT2D eigenvalue weighted by Crippen LogP contribution is -2.51. The van der Waals surface area contributed by atoms with Gasteiger partial charge in [-0.05, 0) is 12.1 Å². The van der Waals surface area contributed by atoms with E-state index in [9.17, 15) is 9.59 Å². The van der Waals surface area contributed by atoms with Crippen molar-refractivity contribution >= 4 is 17.5 Å². The third-order valence-electron chi connectivity index (χ3n) is 2.52. The molecule has 6 heteroatoms. The Kier molecular flexibility index (Phi) is 3.66. The van der Waals surface area contributed by atoms with E-state index >= 15 is 0 Å². The molecule has 2 heterocycles. The molecular weight excluding hydrogens is 220 g/mol. The lowest BCUT2D eigenvalue weighted by atomic mass is 10.0. The second-order valence-electron chi connectivity index (χ2n) is 3.86. The zero-order valence-corrected chi connectivity index (χ0v) is 9.27. The van der Waals surface area contributed by atoms with Gasteiger partial charge in [-0.3, -0.25) is 14.6 Å². The topological polar surface area (TPSA) is 83.1 Å². The number of carbonyl (C=O) groups excluding carboxylic acids is 2. The summed E-state index contributed by atoms with van der Waals surface area (Å²) in [5, 5.41) is 8.23. The molecule has 1 fully saturated rings. The molecule has 1 saturated heterocycles. The van der Waals surface area contributed by atoms with Crippen LogP contribution in [0.3, 0.4) is 0 Å². The zero-order chi connectivity index (χ0) is 12.1. The van der Waals surface area contributed by atoms with E-state index in [0.29, 0.717) is 18.8 Å². The van der Waals surface area contributed by atoms with Crippen LogP contribution < -0.4 is 16.0 Å². The van der Waals surface area contributed by atoms with Crippen LogP contribution in [-0.2, 0) is 9.59 Å². The summed E-state index contributed by atoms with van der Waals surface area (Å²) >= 11 is 0. The SMILES string of the molecule is O=C(CNC(=O)C1CNC1)Nc1cccnc1. The maximum atomic E-state index is 11.5. The van der Waals surface area contributed by atoms with Crippen LogP contribution in [0.25, 0.3) is 0 Å². The Morgan fingerprint density at radius 3 is 2.88 bits per heavy atom. The number of amides is 2. The van der Waals surface area contributed by atoms with E-state index in [1.54, 1.807) is 24.5 Å². The van der Waals surface area contributed by atoms with Gasteiger partial charge >= 0.3 is 0 Å². The molecule has 0 unspecified atom stereocenters. The minimum absolute atomic E-state index is 0.00110. The number of hydrogen-bond acceptors (Lipinski definition) is 4. The first-order chi connectivity index (χ1) is 8.25. The summed E-state index contributed by atoms with van der Waals surface area (Å²) in [5.74, 6) is -0.329. The predicted molar refractivity (Wildman–Crippen MR) is 62.2 cm³/mol. The summed E-state index contributed by atoms with van der Waals surface area (Å²) in [4.78, 5) is 26.8. The molecule has 1 aliphatic rings. The summed E-state index contributed by atoms with van der Waals surface area (Å²) in [6, 6.07) is 3.47. The second-order valence-corrected chi connectivity index (χ2v) is 3.86. The highest BCUT2D eigenvalue weighted by Gasteiger charge is 2.24. The van der Waals surface area contributed by atoms with E-state index in [0.717, 1.165) is 0 Å². The number of anilines is 1. The summed E-state index contributed by atoms with van der Waals surface area (Å²) in [5.41, 5.74) is 0.622. The normalized spacial score (nSPS) is 14.8. The zero-order valence-electron chi connectivity index (χ0n) is 9.27. The molecule has 1 aromatic heterocycles. The van der Waals surface area contributed by atoms with Gasteiger partial charge in [-0.2, -0.15) is 0 Å². The largest absolute Gasteiger partial charge is 0.347 e. The van der Waals surface area contributed by atoms with Crippen LogP contribution in [0, 0.1) is 5.92 Å². The molecule has 3 N–H and O–H groups in total. The van der Waals surface area contributed by atoms with Gasteiger partial charge < -0.3 is 16.0 Å². The lowest BCUT2D eigenvalue weighted by molar-refractivity contribution is -0.128. The van der Waals surface area contributed by atoms with Gasteiger partial charge in [0.05, 0.1) is 24.3 Å². The van der Waals surface area contributed by atoms with Crippen molar-refractivity contribution in [3.05, 3.63) is 24.5 Å². The minimum Gasteiger partial charge on any atom is -0.347 e. The molecule has 1 aromatic rings. The Morgan fingerprint density at radius 2 is 2.29 bits per heavy atom. The van der Waals surface area contributed by atoms with Crippen LogP contribution in [0.5, 0.6) is 0 Å². The molecule has 0 aliphatic carbocycles. The van der Waals surface area contributed by atoms with E-state index in [2.05, 4.69) is 20.9 Å². The fraction of sp³-hybridized carbons (Fsp3) is 0.364. The Bertz CT molecular complexity index is 403. The van der Waals surface area contributed by atoms with E-state index in [1.807, 2.05) is 0 Å². The molecule has 0 radical (unpaired) electrons. The average molecular weight is 234 g/mol. The van der Waals surface area contributed by atoms with Crippen LogP contribution in [0.4, 0.5) is 5.69 Å². The van der Waals surface area contributed by atoms with Crippen LogP contribution in [0.1, 0.15) is 0 Å². The van der Waals surface area contributed by atoms with Crippen LogP contribution in [-0.4, -0.2) is 36.4 Å². The fourth-order valence-electron chi connectivity index (χ4n) is 1.43. The number of nitrogens with zero attached hydrogens (tertiary/aromatic N) is 1. The predicted octanol–water partition coefficient (Wildman–Crippen LogP) is -0.644. The maximum Gasteiger partial charge on any atom is 0.243 e. The molecule has 0 atom stereocenters. The Labute approximate surface area is 98.8 Å². The van der Waals surface area contributed by atoms with Gasteiger partial charge in [0.25, 0.3) is 0 Å². The average Bonchev–Trinajstić information content (AvgIpc) is 2.25. The van der Waals surface area contributed by atoms with Crippen molar-refractivity contribution < 1.29 is 9.59 Å². The molecule has 90 valence electrons. The van der Waals surface area contributed by atoms with E-state index in [4.69, 9.17) is 0 Å². The molecule has 2 amide bonds. The van der Waals surface area contributed by atoms with Gasteiger partial charge in [-0.15, -0.1) is 0 Å². The van der Waals surface area contributed by atoms with Gasteiger partial charge in [-0.25, -0.2) is 0 Å². The molecule has 0 spiro atoms. The van der Waals surface area contributed by atoms with Crippen molar-refractivity contribution in [2.24, 2.45) is 5.92 Å². The van der Waals surface area contributed by atoms with Crippen molar-refractivity contribution in [1.82, 2.24) is 15.6 Å². The molecule has 1 aliphatic heterocycles. The number of carbonyl (C=O) groups is 2. The van der Waals surface area contributed by atoms with Crippen molar-refractivity contribution in [3.63, 3.8) is 0 Å². The number of nitrogens with one attached hydrogen (secondary N) is 3. The number of aromatic nitrogens is 1. The molecule has 0 aromatic carbocycles. The van der Waals surface area contributed by atoms with Crippen LogP contribution in [0.15, 0.2) is 24.5 Å². The third kappa shape index (κ3) is 3.25. The second kappa shape index (κ2) is 5.40. The van der Waals surface area contributed by atoms with Crippen LogP contribution in [0.2, 0.25) is 0 Å². The van der Waals surface area contributed by atoms with Crippen molar-refractivity contribution in [1.29, 1.82) is 0 Å². The monoisotopic (exact) mass is 234 g/mol. The fourth-order valence-corrected chi connectivity index (χ4v) is 1.43. The highest BCUT2D eigenvalue weighted by atomic mass is 16.2. The smallest absolute Gasteiger partial charge is 0.243 e. The van der Waals surface area contributed by atoms with Crippen molar-refractivity contribution in [2.75, 3.05) is 25.0 Å². The number of hydrogen-bond donors (Lipinski definition) is 3. The highest BCUT2D eigenvalue weighted by Crippen LogP contribution is 2.03. The molecular formula is C11H14N4O2. The van der Waals surface area contributed by atoms with Crippen LogP contribution >= 0.6 is 0 Å². The summed E-state index contributed by atoms with van der Waals surface area (Å²) in [6.07, 6.45) is 3.18. The maximum absolute atomic E-state index is 11.5. The molecule has 2 rings (SSSR count).